The first-order valence-corrected chi connectivity index (χ1v) is 4.39. The summed E-state index contributed by atoms with van der Waals surface area (Å²) in [4.78, 5) is 41.9. The van der Waals surface area contributed by atoms with E-state index in [1.807, 2.05) is 5.32 Å². The van der Waals surface area contributed by atoms with E-state index in [0.29, 0.717) is 0 Å². The number of nitrogens with one attached hydrogen (secondary N) is 1. The van der Waals surface area contributed by atoms with E-state index < -0.39 is 48.8 Å². The van der Waals surface area contributed by atoms with Gasteiger partial charge in [0.15, 0.2) is 0 Å². The van der Waals surface area contributed by atoms with E-state index in [2.05, 4.69) is 0 Å². The van der Waals surface area contributed by atoms with Gasteiger partial charge in [0, 0.05) is 118 Å². The van der Waals surface area contributed by atoms with Crippen molar-refractivity contribution in [1.82, 2.24) is 5.32 Å². The van der Waals surface area contributed by atoms with Crippen molar-refractivity contribution < 1.29 is 39.6 Å². The van der Waals surface area contributed by atoms with Gasteiger partial charge in [-0.3, -0.25) is 24.5 Å². The van der Waals surface area contributed by atoms with Crippen molar-refractivity contribution in [2.45, 2.75) is 24.9 Å². The molecule has 4 radical (unpaired) electrons. The van der Waals surface area contributed by atoms with E-state index >= 15 is 0 Å². The summed E-state index contributed by atoms with van der Waals surface area (Å²) >= 11 is 0. The van der Waals surface area contributed by atoms with Crippen LogP contribution < -0.4 is 5.32 Å². The molecule has 0 heterocycles. The Bertz CT molecular complexity index is 321. The van der Waals surface area contributed by atoms with Crippen molar-refractivity contribution in [3.63, 3.8) is 0 Å². The van der Waals surface area contributed by atoms with E-state index in [9.17, 15) is 19.2 Å². The van der Waals surface area contributed by atoms with Crippen LogP contribution in [0.5, 0.6) is 0 Å². The Morgan fingerprint density at radius 1 is 0.667 bits per heavy atom. The van der Waals surface area contributed by atoms with Gasteiger partial charge >= 0.3 is 23.9 Å². The van der Waals surface area contributed by atoms with Gasteiger partial charge in [0.25, 0.3) is 0 Å². The molecule has 13 heteroatoms. The normalized spacial score (nSPS) is 11.0. The zero-order chi connectivity index (χ0) is 13.6. The summed E-state index contributed by atoms with van der Waals surface area (Å²) in [6.07, 6.45) is -1.70. The van der Waals surface area contributed by atoms with Gasteiger partial charge in [0.05, 0.1) is 12.8 Å². The maximum Gasteiger partial charge on any atom is 0.321 e. The third-order valence-electron chi connectivity index (χ3n) is 1.76. The molecule has 0 amide bonds. The van der Waals surface area contributed by atoms with Crippen molar-refractivity contribution in [2.24, 2.45) is 0 Å². The summed E-state index contributed by atoms with van der Waals surface area (Å²) < 4.78 is 0. The van der Waals surface area contributed by atoms with Crippen LogP contribution in [0, 0.1) is 0 Å². The van der Waals surface area contributed by atoms with Crippen LogP contribution >= 0.6 is 0 Å². The number of carboxylic acids is 4. The Morgan fingerprint density at radius 3 is 1.05 bits per heavy atom. The summed E-state index contributed by atoms with van der Waals surface area (Å²) in [6.45, 7) is 0. The van der Waals surface area contributed by atoms with Gasteiger partial charge in [-0.15, -0.1) is 0 Å². The molecule has 0 aromatic carbocycles. The summed E-state index contributed by atoms with van der Waals surface area (Å²) in [5.74, 6) is -6.01. The SMILES string of the molecule is O=C(O)CC(NC(CC(=O)O)C(=O)O)C(=O)O.[Na].[Na].[Na].[Na]. The number of carboxylic acid groups (broad SMARTS) is 4. The molecule has 0 aliphatic rings. The van der Waals surface area contributed by atoms with Crippen LogP contribution in [-0.4, -0.2) is 175 Å². The van der Waals surface area contributed by atoms with E-state index in [-0.39, 0.29) is 118 Å². The van der Waals surface area contributed by atoms with E-state index in [4.69, 9.17) is 20.4 Å². The second-order valence-electron chi connectivity index (χ2n) is 3.14. The molecule has 0 spiro atoms. The van der Waals surface area contributed by atoms with Gasteiger partial charge < -0.3 is 20.4 Å². The third kappa shape index (κ3) is 18.0. The van der Waals surface area contributed by atoms with Crippen LogP contribution in [0.25, 0.3) is 0 Å². The topological polar surface area (TPSA) is 161 Å². The molecular weight excluding hydrogens is 330 g/mol. The van der Waals surface area contributed by atoms with Gasteiger partial charge in [-0.2, -0.15) is 0 Å². The van der Waals surface area contributed by atoms with E-state index in [1.165, 1.54) is 0 Å². The average Bonchev–Trinajstić information content (AvgIpc) is 2.13. The fraction of sp³-hybridized carbons (Fsp3) is 0.500. The minimum atomic E-state index is -1.66. The van der Waals surface area contributed by atoms with Crippen LogP contribution in [-0.2, 0) is 19.2 Å². The Balaban J connectivity index is -0.000000213. The van der Waals surface area contributed by atoms with Crippen molar-refractivity contribution in [1.29, 1.82) is 0 Å². The van der Waals surface area contributed by atoms with Gasteiger partial charge in [0.2, 0.25) is 0 Å². The maximum absolute atomic E-state index is 10.6. The number of rotatable bonds is 8. The molecule has 0 aliphatic heterocycles. The molecule has 2 atom stereocenters. The van der Waals surface area contributed by atoms with Crippen molar-refractivity contribution in [3.8, 4) is 0 Å². The number of carbonyl (C=O) groups is 4. The summed E-state index contributed by atoms with van der Waals surface area (Å²) in [7, 11) is 0. The molecule has 100 valence electrons. The van der Waals surface area contributed by atoms with E-state index in [0.717, 1.165) is 0 Å². The molecule has 0 fully saturated rings. The molecule has 21 heavy (non-hydrogen) atoms. The quantitative estimate of drug-likeness (QED) is 0.288. The molecule has 0 rings (SSSR count). The minimum Gasteiger partial charge on any atom is -0.481 e. The molecule has 0 bridgehead atoms. The Labute approximate surface area is 208 Å². The van der Waals surface area contributed by atoms with Crippen molar-refractivity contribution in [2.75, 3.05) is 0 Å². The summed E-state index contributed by atoms with van der Waals surface area (Å²) in [5.41, 5.74) is 0. The van der Waals surface area contributed by atoms with Gasteiger partial charge in [-0.25, -0.2) is 0 Å². The Kier molecular flexibility index (Phi) is 29.6. The van der Waals surface area contributed by atoms with E-state index in [1.54, 1.807) is 0 Å². The van der Waals surface area contributed by atoms with Gasteiger partial charge in [-0.05, 0) is 0 Å². The molecule has 0 saturated carbocycles. The van der Waals surface area contributed by atoms with Crippen LogP contribution in [0.2, 0.25) is 0 Å². The molecule has 5 N–H and O–H groups in total. The molecule has 0 aliphatic carbocycles. The largest absolute Gasteiger partial charge is 0.481 e. The molecular formula is C8H11NNa4O8. The van der Waals surface area contributed by atoms with Crippen LogP contribution in [0.1, 0.15) is 12.8 Å². The second kappa shape index (κ2) is 18.2. The van der Waals surface area contributed by atoms with Crippen LogP contribution in [0.4, 0.5) is 0 Å². The average molecular weight is 341 g/mol. The first kappa shape index (κ1) is 34.2. The standard InChI is InChI=1S/C8H11NO8.4Na/c10-5(11)1-3(7(14)15)9-4(8(16)17)2-6(12)13;;;;/h3-4,9H,1-2H2,(H,10,11)(H,12,13)(H,14,15)(H,16,17);;;;. The Hall–Kier alpha value is 1.84. The molecule has 9 nitrogen and oxygen atoms in total. The second-order valence-corrected chi connectivity index (χ2v) is 3.14. The third-order valence-corrected chi connectivity index (χ3v) is 1.76. The van der Waals surface area contributed by atoms with Gasteiger partial charge in [0.1, 0.15) is 12.1 Å². The molecule has 2 unspecified atom stereocenters. The molecule has 0 aromatic heterocycles. The first-order valence-electron chi connectivity index (χ1n) is 4.39. The predicted molar refractivity (Wildman–Crippen MR) is 73.5 cm³/mol. The smallest absolute Gasteiger partial charge is 0.321 e. The fourth-order valence-corrected chi connectivity index (χ4v) is 1.03. The van der Waals surface area contributed by atoms with Gasteiger partial charge in [-0.1, -0.05) is 0 Å². The maximum atomic E-state index is 10.6. The number of hydrogen-bond donors (Lipinski definition) is 5. The first-order chi connectivity index (χ1) is 7.73. The zero-order valence-corrected chi connectivity index (χ0v) is 20.5. The van der Waals surface area contributed by atoms with Crippen molar-refractivity contribution in [3.05, 3.63) is 0 Å². The minimum absolute atomic E-state index is 0. The monoisotopic (exact) mass is 341 g/mol. The fourth-order valence-electron chi connectivity index (χ4n) is 1.03. The number of aliphatic carboxylic acids is 4. The summed E-state index contributed by atoms with van der Waals surface area (Å²) in [5, 5.41) is 36.0. The molecule has 0 saturated heterocycles. The van der Waals surface area contributed by atoms with Crippen LogP contribution in [0.3, 0.4) is 0 Å². The Morgan fingerprint density at radius 2 is 0.905 bits per heavy atom. The predicted octanol–water partition coefficient (Wildman–Crippen LogP) is -3.09. The van der Waals surface area contributed by atoms with Crippen molar-refractivity contribution >= 4 is 142 Å². The summed E-state index contributed by atoms with van der Waals surface area (Å²) in [6, 6.07) is -3.32. The van der Waals surface area contributed by atoms with Crippen LogP contribution in [0.15, 0.2) is 0 Å². The zero-order valence-electron chi connectivity index (χ0n) is 12.5. The molecule has 0 aromatic rings. The number of hydrogen-bond acceptors (Lipinski definition) is 5.